The molecular weight excluding hydrogens is 338 g/mol. The number of carbonyl (C=O) groups excluding carboxylic acids is 1. The summed E-state index contributed by atoms with van der Waals surface area (Å²) in [6.07, 6.45) is -5.13. The fourth-order valence-electron chi connectivity index (χ4n) is 1.73. The lowest BCUT2D eigenvalue weighted by atomic mass is 10.1. The molecule has 0 radical (unpaired) electrons. The van der Waals surface area contributed by atoms with Crippen LogP contribution in [-0.2, 0) is 9.05 Å². The quantitative estimate of drug-likeness (QED) is 0.676. The van der Waals surface area contributed by atoms with Crippen molar-refractivity contribution in [3.63, 3.8) is 0 Å². The second kappa shape index (κ2) is 4.84. The van der Waals surface area contributed by atoms with Crippen LogP contribution in [-0.4, -0.2) is 26.0 Å². The molecule has 0 aliphatic heterocycles. The number of alkyl halides is 3. The highest BCUT2D eigenvalue weighted by Crippen LogP contribution is 2.49. The molecule has 1 aliphatic carbocycles. The van der Waals surface area contributed by atoms with Crippen LogP contribution >= 0.6 is 10.7 Å². The Labute approximate surface area is 121 Å². The Morgan fingerprint density at radius 1 is 1.29 bits per heavy atom. The van der Waals surface area contributed by atoms with E-state index in [-0.39, 0.29) is 12.8 Å². The Kier molecular flexibility index (Phi) is 3.69. The molecule has 0 heterocycles. The summed E-state index contributed by atoms with van der Waals surface area (Å²) in [6.45, 7) is 0. The van der Waals surface area contributed by atoms with Crippen LogP contribution in [0.25, 0.3) is 0 Å². The minimum absolute atomic E-state index is 0.260. The molecule has 0 saturated heterocycles. The lowest BCUT2D eigenvalue weighted by molar-refractivity contribution is -0.163. The first-order valence-electron chi connectivity index (χ1n) is 5.60. The Morgan fingerprint density at radius 2 is 1.86 bits per heavy atom. The van der Waals surface area contributed by atoms with Crippen LogP contribution in [0.15, 0.2) is 23.1 Å². The van der Waals surface area contributed by atoms with Gasteiger partial charge in [-0.15, -0.1) is 0 Å². The van der Waals surface area contributed by atoms with Gasteiger partial charge in [-0.2, -0.15) is 13.2 Å². The van der Waals surface area contributed by atoms with Crippen molar-refractivity contribution in [2.24, 2.45) is 0 Å². The number of hydrogen-bond acceptors (Lipinski definition) is 3. The molecule has 0 aromatic heterocycles. The minimum atomic E-state index is -4.61. The molecule has 0 atom stereocenters. The number of hydrogen-bond donors (Lipinski definition) is 1. The second-order valence-corrected chi connectivity index (χ2v) is 7.15. The van der Waals surface area contributed by atoms with Crippen LogP contribution < -0.4 is 5.32 Å². The molecule has 1 saturated carbocycles. The minimum Gasteiger partial charge on any atom is -0.338 e. The van der Waals surface area contributed by atoms with Gasteiger partial charge in [-0.25, -0.2) is 12.8 Å². The van der Waals surface area contributed by atoms with Crippen molar-refractivity contribution in [1.29, 1.82) is 0 Å². The Balaban J connectivity index is 2.30. The van der Waals surface area contributed by atoms with Crippen molar-refractivity contribution in [2.45, 2.75) is 29.5 Å². The van der Waals surface area contributed by atoms with Gasteiger partial charge in [-0.1, -0.05) is 0 Å². The van der Waals surface area contributed by atoms with E-state index in [1.54, 1.807) is 5.32 Å². The standard InChI is InChI=1S/C11H8ClF4NO3S/c12-21(19,20)8-5-6(1-2-7(8)13)9(18)17-10(3-4-10)11(14,15)16/h1-2,5H,3-4H2,(H,17,18). The van der Waals surface area contributed by atoms with Gasteiger partial charge >= 0.3 is 6.18 Å². The number of carbonyl (C=O) groups is 1. The van der Waals surface area contributed by atoms with Gasteiger partial charge in [0.1, 0.15) is 16.3 Å². The highest BCUT2D eigenvalue weighted by atomic mass is 35.7. The van der Waals surface area contributed by atoms with E-state index in [0.717, 1.165) is 6.07 Å². The largest absolute Gasteiger partial charge is 0.411 e. The van der Waals surface area contributed by atoms with E-state index < -0.39 is 42.9 Å². The molecule has 1 N–H and O–H groups in total. The number of benzene rings is 1. The summed E-state index contributed by atoms with van der Waals surface area (Å²) in [5.41, 5.74) is -2.72. The lowest BCUT2D eigenvalue weighted by Crippen LogP contribution is -2.47. The maximum atomic E-state index is 13.3. The van der Waals surface area contributed by atoms with Crippen molar-refractivity contribution in [3.05, 3.63) is 29.6 Å². The zero-order valence-electron chi connectivity index (χ0n) is 10.2. The summed E-state index contributed by atoms with van der Waals surface area (Å²) in [4.78, 5) is 10.8. The molecule has 0 unspecified atom stereocenters. The first-order chi connectivity index (χ1) is 9.46. The lowest BCUT2D eigenvalue weighted by Gasteiger charge is -2.20. The number of nitrogens with one attached hydrogen (secondary N) is 1. The molecule has 116 valence electrons. The fourth-order valence-corrected chi connectivity index (χ4v) is 2.65. The van der Waals surface area contributed by atoms with Crippen LogP contribution in [0, 0.1) is 5.82 Å². The van der Waals surface area contributed by atoms with E-state index in [2.05, 4.69) is 0 Å². The SMILES string of the molecule is O=C(NC1(C(F)(F)F)CC1)c1ccc(F)c(S(=O)(=O)Cl)c1. The van der Waals surface area contributed by atoms with Crippen molar-refractivity contribution in [1.82, 2.24) is 5.32 Å². The fraction of sp³-hybridized carbons (Fsp3) is 0.364. The Bertz CT molecular complexity index is 698. The van der Waals surface area contributed by atoms with Crippen LogP contribution in [0.1, 0.15) is 23.2 Å². The molecule has 1 aliphatic rings. The number of rotatable bonds is 3. The van der Waals surface area contributed by atoms with Gasteiger partial charge in [-0.3, -0.25) is 4.79 Å². The molecule has 1 fully saturated rings. The van der Waals surface area contributed by atoms with E-state index in [1.165, 1.54) is 0 Å². The summed E-state index contributed by atoms with van der Waals surface area (Å²) in [5.74, 6) is -2.34. The van der Waals surface area contributed by atoms with E-state index in [4.69, 9.17) is 10.7 Å². The molecule has 0 spiro atoms. The summed E-state index contributed by atoms with van der Waals surface area (Å²) in [7, 11) is 0.528. The predicted octanol–water partition coefficient (Wildman–Crippen LogP) is 2.58. The number of amides is 1. The Morgan fingerprint density at radius 3 is 2.29 bits per heavy atom. The van der Waals surface area contributed by atoms with Crippen molar-refractivity contribution in [3.8, 4) is 0 Å². The van der Waals surface area contributed by atoms with Crippen LogP contribution in [0.4, 0.5) is 17.6 Å². The molecule has 1 aromatic rings. The molecule has 10 heteroatoms. The molecular formula is C11H8ClF4NO3S. The normalized spacial score (nSPS) is 17.4. The zero-order valence-corrected chi connectivity index (χ0v) is 11.7. The van der Waals surface area contributed by atoms with E-state index in [0.29, 0.717) is 12.1 Å². The Hall–Kier alpha value is -1.35. The van der Waals surface area contributed by atoms with Gasteiger partial charge < -0.3 is 5.32 Å². The molecule has 2 rings (SSSR count). The van der Waals surface area contributed by atoms with E-state index in [9.17, 15) is 30.8 Å². The third kappa shape index (κ3) is 3.13. The monoisotopic (exact) mass is 345 g/mol. The average Bonchev–Trinajstić information content (AvgIpc) is 3.08. The molecule has 21 heavy (non-hydrogen) atoms. The van der Waals surface area contributed by atoms with E-state index >= 15 is 0 Å². The average molecular weight is 346 g/mol. The van der Waals surface area contributed by atoms with Gasteiger partial charge in [0.25, 0.3) is 15.0 Å². The number of halogens is 5. The topological polar surface area (TPSA) is 63.2 Å². The third-order valence-electron chi connectivity index (χ3n) is 3.10. The maximum absolute atomic E-state index is 13.3. The van der Waals surface area contributed by atoms with E-state index in [1.807, 2.05) is 0 Å². The van der Waals surface area contributed by atoms with Crippen molar-refractivity contribution >= 4 is 25.6 Å². The van der Waals surface area contributed by atoms with Gasteiger partial charge in [-0.05, 0) is 31.0 Å². The maximum Gasteiger partial charge on any atom is 0.411 e. The van der Waals surface area contributed by atoms with Crippen molar-refractivity contribution < 1.29 is 30.8 Å². The van der Waals surface area contributed by atoms with Gasteiger partial charge in [0, 0.05) is 16.2 Å². The first-order valence-corrected chi connectivity index (χ1v) is 7.91. The predicted molar refractivity (Wildman–Crippen MR) is 64.9 cm³/mol. The van der Waals surface area contributed by atoms with Crippen LogP contribution in [0.2, 0.25) is 0 Å². The van der Waals surface area contributed by atoms with Crippen LogP contribution in [0.5, 0.6) is 0 Å². The van der Waals surface area contributed by atoms with Gasteiger partial charge in [0.2, 0.25) is 0 Å². The molecule has 0 bridgehead atoms. The smallest absolute Gasteiger partial charge is 0.338 e. The second-order valence-electron chi connectivity index (χ2n) is 4.62. The summed E-state index contributed by atoms with van der Waals surface area (Å²) in [5, 5.41) is 1.80. The van der Waals surface area contributed by atoms with Crippen molar-refractivity contribution in [2.75, 3.05) is 0 Å². The summed E-state index contributed by atoms with van der Waals surface area (Å²) < 4.78 is 73.6. The summed E-state index contributed by atoms with van der Waals surface area (Å²) in [6, 6.07) is 2.12. The zero-order chi connectivity index (χ0) is 16.1. The highest BCUT2D eigenvalue weighted by Gasteiger charge is 2.64. The summed E-state index contributed by atoms with van der Waals surface area (Å²) >= 11 is 0. The first kappa shape index (κ1) is 16.0. The molecule has 1 aromatic carbocycles. The van der Waals surface area contributed by atoms with Crippen LogP contribution in [0.3, 0.4) is 0 Å². The van der Waals surface area contributed by atoms with Gasteiger partial charge in [0.15, 0.2) is 0 Å². The highest BCUT2D eigenvalue weighted by molar-refractivity contribution is 8.13. The molecule has 4 nitrogen and oxygen atoms in total. The van der Waals surface area contributed by atoms with Gasteiger partial charge in [0.05, 0.1) is 0 Å². The third-order valence-corrected chi connectivity index (χ3v) is 4.44. The molecule has 1 amide bonds.